The first kappa shape index (κ1) is 21.5. The van der Waals surface area contributed by atoms with Crippen LogP contribution in [0.25, 0.3) is 11.0 Å². The number of carbonyl (C=O) groups excluding carboxylic acids is 2. The molecule has 3 aromatic rings. The average Bonchev–Trinajstić information content (AvgIpc) is 3.33. The molecule has 1 saturated heterocycles. The minimum atomic E-state index is -0.761. The molecule has 2 aromatic heterocycles. The van der Waals surface area contributed by atoms with E-state index < -0.39 is 22.8 Å². The summed E-state index contributed by atoms with van der Waals surface area (Å²) in [5.41, 5.74) is 0.641. The van der Waals surface area contributed by atoms with E-state index in [-0.39, 0.29) is 29.3 Å². The molecule has 0 saturated carbocycles. The number of aromatic hydroxyl groups is 1. The van der Waals surface area contributed by atoms with Gasteiger partial charge in [-0.2, -0.15) is 0 Å². The second-order valence-corrected chi connectivity index (χ2v) is 7.80. The smallest absolute Gasteiger partial charge is 0.268 e. The molecule has 166 valence electrons. The monoisotopic (exact) mass is 438 g/mol. The van der Waals surface area contributed by atoms with Gasteiger partial charge in [0, 0.05) is 26.3 Å². The van der Waals surface area contributed by atoms with Gasteiger partial charge in [0.25, 0.3) is 11.5 Å². The summed E-state index contributed by atoms with van der Waals surface area (Å²) in [5, 5.41) is 13.0. The van der Waals surface area contributed by atoms with Crippen molar-refractivity contribution in [1.82, 2.24) is 19.8 Å². The number of nitrogens with zero attached hydrogens (tertiary/aromatic N) is 3. The molecule has 0 bridgehead atoms. The predicted octanol–water partition coefficient (Wildman–Crippen LogP) is 1.81. The lowest BCUT2D eigenvalue weighted by atomic mass is 10.1. The maximum absolute atomic E-state index is 13.2. The van der Waals surface area contributed by atoms with Gasteiger partial charge in [0.15, 0.2) is 5.75 Å². The van der Waals surface area contributed by atoms with Crippen LogP contribution in [-0.2, 0) is 17.8 Å². The van der Waals surface area contributed by atoms with E-state index in [9.17, 15) is 23.9 Å². The first-order valence-electron chi connectivity index (χ1n) is 10.4. The molecule has 9 heteroatoms. The Morgan fingerprint density at radius 3 is 2.50 bits per heavy atom. The molecular weight excluding hydrogens is 415 g/mol. The van der Waals surface area contributed by atoms with Gasteiger partial charge in [-0.05, 0) is 48.6 Å². The fourth-order valence-corrected chi connectivity index (χ4v) is 3.97. The molecule has 1 aliphatic heterocycles. The Bertz CT molecular complexity index is 1250. The van der Waals surface area contributed by atoms with Gasteiger partial charge in [-0.15, -0.1) is 0 Å². The van der Waals surface area contributed by atoms with Gasteiger partial charge in [0.1, 0.15) is 23.4 Å². The Balaban J connectivity index is 1.83. The molecule has 0 spiro atoms. The van der Waals surface area contributed by atoms with Gasteiger partial charge >= 0.3 is 0 Å². The third kappa shape index (κ3) is 4.05. The summed E-state index contributed by atoms with van der Waals surface area (Å²) in [5.74, 6) is -1.86. The maximum Gasteiger partial charge on any atom is 0.268 e. The molecule has 8 nitrogen and oxygen atoms in total. The number of carbonyl (C=O) groups is 2. The summed E-state index contributed by atoms with van der Waals surface area (Å²) in [7, 11) is 1.35. The van der Waals surface area contributed by atoms with Crippen LogP contribution in [0.2, 0.25) is 0 Å². The number of pyridine rings is 2. The highest BCUT2D eigenvalue weighted by molar-refractivity contribution is 6.01. The van der Waals surface area contributed by atoms with E-state index in [1.165, 1.54) is 29.9 Å². The van der Waals surface area contributed by atoms with Crippen molar-refractivity contribution in [2.24, 2.45) is 0 Å². The zero-order valence-electron chi connectivity index (χ0n) is 17.6. The normalized spacial score (nSPS) is 13.5. The number of rotatable bonds is 5. The number of aromatic nitrogens is 2. The van der Waals surface area contributed by atoms with Crippen LogP contribution in [0.15, 0.2) is 41.3 Å². The number of nitrogens with one attached hydrogen (secondary N) is 1. The highest BCUT2D eigenvalue weighted by atomic mass is 19.1. The van der Waals surface area contributed by atoms with Gasteiger partial charge in [0.05, 0.1) is 5.52 Å². The molecular formula is C23H23FN4O4. The van der Waals surface area contributed by atoms with Crippen LogP contribution in [-0.4, -0.2) is 51.5 Å². The minimum absolute atomic E-state index is 0.0558. The van der Waals surface area contributed by atoms with Crippen molar-refractivity contribution in [3.05, 3.63) is 69.4 Å². The van der Waals surface area contributed by atoms with Gasteiger partial charge in [-0.3, -0.25) is 23.9 Å². The first-order valence-corrected chi connectivity index (χ1v) is 10.4. The van der Waals surface area contributed by atoms with Crippen molar-refractivity contribution in [3.8, 4) is 5.75 Å². The van der Waals surface area contributed by atoms with Gasteiger partial charge < -0.3 is 15.3 Å². The second-order valence-electron chi connectivity index (χ2n) is 7.80. The van der Waals surface area contributed by atoms with E-state index in [1.807, 2.05) is 0 Å². The zero-order valence-corrected chi connectivity index (χ0v) is 17.6. The van der Waals surface area contributed by atoms with E-state index in [4.69, 9.17) is 0 Å². The summed E-state index contributed by atoms with van der Waals surface area (Å²) >= 11 is 0. The van der Waals surface area contributed by atoms with Gasteiger partial charge in [-0.25, -0.2) is 4.39 Å². The summed E-state index contributed by atoms with van der Waals surface area (Å²) in [6.07, 6.45) is 3.75. The van der Waals surface area contributed by atoms with Crippen molar-refractivity contribution in [1.29, 1.82) is 0 Å². The number of amides is 2. The molecule has 0 atom stereocenters. The van der Waals surface area contributed by atoms with Crippen molar-refractivity contribution in [2.45, 2.75) is 25.8 Å². The molecule has 1 aliphatic rings. The number of halogens is 1. The number of benzene rings is 1. The van der Waals surface area contributed by atoms with Crippen LogP contribution in [0.5, 0.6) is 5.75 Å². The predicted molar refractivity (Wildman–Crippen MR) is 116 cm³/mol. The van der Waals surface area contributed by atoms with E-state index >= 15 is 0 Å². The third-order valence-corrected chi connectivity index (χ3v) is 5.66. The number of hydrogen-bond donors (Lipinski definition) is 2. The Morgan fingerprint density at radius 1 is 1.16 bits per heavy atom. The van der Waals surface area contributed by atoms with Crippen molar-refractivity contribution >= 4 is 22.8 Å². The highest BCUT2D eigenvalue weighted by Crippen LogP contribution is 2.26. The molecule has 0 radical (unpaired) electrons. The van der Waals surface area contributed by atoms with E-state index in [0.29, 0.717) is 25.1 Å². The molecule has 0 unspecified atom stereocenters. The van der Waals surface area contributed by atoms with Gasteiger partial charge in [0.2, 0.25) is 5.91 Å². The Morgan fingerprint density at radius 2 is 1.84 bits per heavy atom. The lowest BCUT2D eigenvalue weighted by Gasteiger charge is -2.19. The van der Waals surface area contributed by atoms with E-state index in [1.54, 1.807) is 23.1 Å². The van der Waals surface area contributed by atoms with Crippen molar-refractivity contribution in [2.75, 3.05) is 20.1 Å². The molecule has 1 aromatic carbocycles. The maximum atomic E-state index is 13.2. The molecule has 32 heavy (non-hydrogen) atoms. The Kier molecular flexibility index (Phi) is 5.89. The molecule has 4 rings (SSSR count). The number of hydrogen-bond acceptors (Lipinski definition) is 5. The molecule has 1 fully saturated rings. The molecule has 0 aliphatic carbocycles. The minimum Gasteiger partial charge on any atom is -0.505 e. The SMILES string of the molecule is CNC(=O)c1c(O)c2ncc(Cc3ccc(F)cc3)cc2n(CC(=O)N2CCCC2)c1=O. The quantitative estimate of drug-likeness (QED) is 0.632. The standard InChI is InChI=1S/C23H23FN4O4/c1-25-22(31)19-21(30)20-17(28(23(19)32)13-18(29)27-8-2-3-9-27)11-15(12-26-20)10-14-4-6-16(24)7-5-14/h4-7,11-12,30H,2-3,8-10,13H2,1H3,(H,25,31). The Labute approximate surface area is 183 Å². The Hall–Kier alpha value is -3.75. The van der Waals surface area contributed by atoms with E-state index in [0.717, 1.165) is 18.4 Å². The van der Waals surface area contributed by atoms with Crippen LogP contribution < -0.4 is 10.9 Å². The summed E-state index contributed by atoms with van der Waals surface area (Å²) < 4.78 is 14.4. The van der Waals surface area contributed by atoms with Crippen LogP contribution in [0.3, 0.4) is 0 Å². The second kappa shape index (κ2) is 8.78. The lowest BCUT2D eigenvalue weighted by molar-refractivity contribution is -0.130. The first-order chi connectivity index (χ1) is 15.4. The summed E-state index contributed by atoms with van der Waals surface area (Å²) in [6, 6.07) is 7.68. The summed E-state index contributed by atoms with van der Waals surface area (Å²) in [4.78, 5) is 44.2. The molecule has 2 N–H and O–H groups in total. The van der Waals surface area contributed by atoms with Gasteiger partial charge in [-0.1, -0.05) is 12.1 Å². The number of likely N-dealkylation sites (tertiary alicyclic amines) is 1. The van der Waals surface area contributed by atoms with Crippen LogP contribution in [0.1, 0.15) is 34.3 Å². The topological polar surface area (TPSA) is 105 Å². The van der Waals surface area contributed by atoms with Crippen LogP contribution in [0, 0.1) is 5.82 Å². The number of fused-ring (bicyclic) bond motifs is 1. The van der Waals surface area contributed by atoms with Crippen LogP contribution in [0.4, 0.5) is 4.39 Å². The molecule has 2 amide bonds. The molecule has 3 heterocycles. The third-order valence-electron chi connectivity index (χ3n) is 5.66. The fourth-order valence-electron chi connectivity index (χ4n) is 3.97. The van der Waals surface area contributed by atoms with Crippen molar-refractivity contribution < 1.29 is 19.1 Å². The lowest BCUT2D eigenvalue weighted by Crippen LogP contribution is -2.37. The fraction of sp³-hybridized carbons (Fsp3) is 0.304. The average molecular weight is 438 g/mol. The van der Waals surface area contributed by atoms with Crippen LogP contribution >= 0.6 is 0 Å². The van der Waals surface area contributed by atoms with Crippen molar-refractivity contribution in [3.63, 3.8) is 0 Å². The highest BCUT2D eigenvalue weighted by Gasteiger charge is 2.25. The summed E-state index contributed by atoms with van der Waals surface area (Å²) in [6.45, 7) is 0.987. The zero-order chi connectivity index (χ0) is 22.8. The van der Waals surface area contributed by atoms with E-state index in [2.05, 4.69) is 10.3 Å². The largest absolute Gasteiger partial charge is 0.505 e.